The number of ether oxygens (including phenoxy) is 1. The Balaban J connectivity index is 2.03. The molecule has 0 saturated carbocycles. The highest BCUT2D eigenvalue weighted by atomic mass is 35.5. The third-order valence-corrected chi connectivity index (χ3v) is 3.20. The number of benzene rings is 2. The summed E-state index contributed by atoms with van der Waals surface area (Å²) in [4.78, 5) is 0. The predicted octanol–water partition coefficient (Wildman–Crippen LogP) is 5.02. The van der Waals surface area contributed by atoms with E-state index in [4.69, 9.17) is 16.3 Å². The second-order valence-electron chi connectivity index (χ2n) is 4.56. The SMILES string of the molecule is CCCOc1ccc(NCc2cccc(F)c2F)cc1Cl. The summed E-state index contributed by atoms with van der Waals surface area (Å²) in [6, 6.07) is 9.34. The summed E-state index contributed by atoms with van der Waals surface area (Å²) in [5.41, 5.74) is 0.977. The molecule has 0 bridgehead atoms. The lowest BCUT2D eigenvalue weighted by atomic mass is 10.2. The summed E-state index contributed by atoms with van der Waals surface area (Å²) in [5, 5.41) is 3.49. The number of halogens is 3. The van der Waals surface area contributed by atoms with Crippen LogP contribution in [0.25, 0.3) is 0 Å². The van der Waals surface area contributed by atoms with E-state index in [0.717, 1.165) is 12.5 Å². The first-order valence-electron chi connectivity index (χ1n) is 6.71. The molecule has 2 rings (SSSR count). The largest absolute Gasteiger partial charge is 0.492 e. The highest BCUT2D eigenvalue weighted by Crippen LogP contribution is 2.28. The summed E-state index contributed by atoms with van der Waals surface area (Å²) in [5.74, 6) is -1.07. The molecule has 0 aromatic heterocycles. The summed E-state index contributed by atoms with van der Waals surface area (Å²) in [7, 11) is 0. The van der Waals surface area contributed by atoms with E-state index in [9.17, 15) is 8.78 Å². The van der Waals surface area contributed by atoms with Crippen LogP contribution in [0.4, 0.5) is 14.5 Å². The molecule has 0 atom stereocenters. The van der Waals surface area contributed by atoms with E-state index in [1.807, 2.05) is 6.92 Å². The van der Waals surface area contributed by atoms with Gasteiger partial charge in [-0.25, -0.2) is 8.78 Å². The van der Waals surface area contributed by atoms with Crippen LogP contribution in [0.5, 0.6) is 5.75 Å². The standard InChI is InChI=1S/C16H16ClF2NO/c1-2-8-21-15-7-6-12(9-13(15)17)20-10-11-4-3-5-14(18)16(11)19/h3-7,9,20H,2,8,10H2,1H3. The van der Waals surface area contributed by atoms with Gasteiger partial charge in [0, 0.05) is 17.8 Å². The van der Waals surface area contributed by atoms with Crippen LogP contribution in [-0.4, -0.2) is 6.61 Å². The van der Waals surface area contributed by atoms with E-state index >= 15 is 0 Å². The zero-order chi connectivity index (χ0) is 15.2. The zero-order valence-electron chi connectivity index (χ0n) is 11.6. The van der Waals surface area contributed by atoms with Gasteiger partial charge in [0.25, 0.3) is 0 Å². The lowest BCUT2D eigenvalue weighted by molar-refractivity contribution is 0.317. The van der Waals surface area contributed by atoms with E-state index in [1.54, 1.807) is 18.2 Å². The Morgan fingerprint density at radius 2 is 2.00 bits per heavy atom. The van der Waals surface area contributed by atoms with E-state index in [2.05, 4.69) is 5.32 Å². The van der Waals surface area contributed by atoms with Gasteiger partial charge < -0.3 is 10.1 Å². The predicted molar refractivity (Wildman–Crippen MR) is 80.9 cm³/mol. The average molecular weight is 312 g/mol. The van der Waals surface area contributed by atoms with Crippen molar-refractivity contribution >= 4 is 17.3 Å². The van der Waals surface area contributed by atoms with Crippen molar-refractivity contribution in [2.24, 2.45) is 0 Å². The van der Waals surface area contributed by atoms with Crippen LogP contribution in [-0.2, 0) is 6.54 Å². The van der Waals surface area contributed by atoms with E-state index in [1.165, 1.54) is 12.1 Å². The van der Waals surface area contributed by atoms with Gasteiger partial charge in [0.15, 0.2) is 11.6 Å². The molecule has 0 aliphatic rings. The van der Waals surface area contributed by atoms with Crippen LogP contribution >= 0.6 is 11.6 Å². The molecule has 21 heavy (non-hydrogen) atoms. The molecule has 0 spiro atoms. The monoisotopic (exact) mass is 311 g/mol. The molecule has 0 saturated heterocycles. The van der Waals surface area contributed by atoms with Gasteiger partial charge in [0.05, 0.1) is 11.6 Å². The first-order valence-corrected chi connectivity index (χ1v) is 7.08. The van der Waals surface area contributed by atoms with E-state index < -0.39 is 11.6 Å². The van der Waals surface area contributed by atoms with Gasteiger partial charge in [-0.15, -0.1) is 0 Å². The van der Waals surface area contributed by atoms with Gasteiger partial charge in [-0.3, -0.25) is 0 Å². The van der Waals surface area contributed by atoms with E-state index in [0.29, 0.717) is 23.1 Å². The maximum Gasteiger partial charge on any atom is 0.163 e. The number of hydrogen-bond donors (Lipinski definition) is 1. The maximum absolute atomic E-state index is 13.5. The number of rotatable bonds is 6. The summed E-state index contributed by atoms with van der Waals surface area (Å²) in [6.45, 7) is 2.79. The second kappa shape index (κ2) is 7.27. The van der Waals surface area contributed by atoms with Crippen molar-refractivity contribution in [1.29, 1.82) is 0 Å². The fourth-order valence-electron chi connectivity index (χ4n) is 1.82. The molecular weight excluding hydrogens is 296 g/mol. The third kappa shape index (κ3) is 4.08. The lowest BCUT2D eigenvalue weighted by Crippen LogP contribution is -2.03. The molecule has 0 amide bonds. The lowest BCUT2D eigenvalue weighted by Gasteiger charge is -2.11. The average Bonchev–Trinajstić information content (AvgIpc) is 2.48. The van der Waals surface area contributed by atoms with Gasteiger partial charge in [-0.1, -0.05) is 30.7 Å². The molecule has 112 valence electrons. The minimum Gasteiger partial charge on any atom is -0.492 e. The Morgan fingerprint density at radius 3 is 2.71 bits per heavy atom. The Bertz CT molecular complexity index is 619. The summed E-state index contributed by atoms with van der Waals surface area (Å²) >= 11 is 6.10. The summed E-state index contributed by atoms with van der Waals surface area (Å²) < 4.78 is 32.1. The molecule has 2 nitrogen and oxygen atoms in total. The van der Waals surface area contributed by atoms with Crippen LogP contribution in [0.15, 0.2) is 36.4 Å². The topological polar surface area (TPSA) is 21.3 Å². The van der Waals surface area contributed by atoms with Gasteiger partial charge in [-0.2, -0.15) is 0 Å². The van der Waals surface area contributed by atoms with Gasteiger partial charge in [0.1, 0.15) is 5.75 Å². The van der Waals surface area contributed by atoms with Crippen LogP contribution in [0.3, 0.4) is 0 Å². The fourth-order valence-corrected chi connectivity index (χ4v) is 2.06. The zero-order valence-corrected chi connectivity index (χ0v) is 12.4. The van der Waals surface area contributed by atoms with Crippen LogP contribution < -0.4 is 10.1 Å². The maximum atomic E-state index is 13.5. The fraction of sp³-hybridized carbons (Fsp3) is 0.250. The molecular formula is C16H16ClF2NO. The molecule has 0 heterocycles. The first-order chi connectivity index (χ1) is 10.1. The normalized spacial score (nSPS) is 10.5. The Hall–Kier alpha value is -1.81. The van der Waals surface area contributed by atoms with Crippen molar-refractivity contribution in [3.8, 4) is 5.75 Å². The molecule has 2 aromatic carbocycles. The summed E-state index contributed by atoms with van der Waals surface area (Å²) in [6.07, 6.45) is 0.898. The van der Waals surface area contributed by atoms with Gasteiger partial charge >= 0.3 is 0 Å². The number of nitrogens with one attached hydrogen (secondary N) is 1. The Morgan fingerprint density at radius 1 is 1.19 bits per heavy atom. The van der Waals surface area contributed by atoms with Crippen LogP contribution in [0.2, 0.25) is 5.02 Å². The quantitative estimate of drug-likeness (QED) is 0.809. The molecule has 0 fully saturated rings. The Labute approximate surface area is 127 Å². The highest BCUT2D eigenvalue weighted by molar-refractivity contribution is 6.32. The molecule has 0 aliphatic carbocycles. The van der Waals surface area contributed by atoms with Crippen LogP contribution in [0.1, 0.15) is 18.9 Å². The van der Waals surface area contributed by atoms with Crippen molar-refractivity contribution in [2.75, 3.05) is 11.9 Å². The second-order valence-corrected chi connectivity index (χ2v) is 4.97. The molecule has 2 aromatic rings. The van der Waals surface area contributed by atoms with Crippen molar-refractivity contribution in [3.05, 3.63) is 58.6 Å². The third-order valence-electron chi connectivity index (χ3n) is 2.91. The minimum atomic E-state index is -0.851. The van der Waals surface area contributed by atoms with Crippen LogP contribution in [0, 0.1) is 11.6 Å². The van der Waals surface area contributed by atoms with Crippen molar-refractivity contribution in [2.45, 2.75) is 19.9 Å². The number of anilines is 1. The molecule has 0 radical (unpaired) electrons. The minimum absolute atomic E-state index is 0.176. The molecule has 5 heteroatoms. The molecule has 1 N–H and O–H groups in total. The smallest absolute Gasteiger partial charge is 0.163 e. The molecule has 0 unspecified atom stereocenters. The Kier molecular flexibility index (Phi) is 5.39. The number of hydrogen-bond acceptors (Lipinski definition) is 2. The van der Waals surface area contributed by atoms with Crippen molar-refractivity contribution in [3.63, 3.8) is 0 Å². The van der Waals surface area contributed by atoms with Crippen molar-refractivity contribution < 1.29 is 13.5 Å². The van der Waals surface area contributed by atoms with Gasteiger partial charge in [-0.05, 0) is 30.7 Å². The highest BCUT2D eigenvalue weighted by Gasteiger charge is 2.08. The first kappa shape index (κ1) is 15.6. The van der Waals surface area contributed by atoms with E-state index in [-0.39, 0.29) is 12.1 Å². The van der Waals surface area contributed by atoms with Crippen molar-refractivity contribution in [1.82, 2.24) is 0 Å². The van der Waals surface area contributed by atoms with Gasteiger partial charge in [0.2, 0.25) is 0 Å². The molecule has 0 aliphatic heterocycles.